The van der Waals surface area contributed by atoms with Gasteiger partial charge in [-0.05, 0) is 22.8 Å². The van der Waals surface area contributed by atoms with E-state index in [9.17, 15) is 35.1 Å². The summed E-state index contributed by atoms with van der Waals surface area (Å²) in [6.45, 7) is 0. The van der Waals surface area contributed by atoms with Gasteiger partial charge in [-0.2, -0.15) is 0 Å². The zero-order valence-electron chi connectivity index (χ0n) is 16.9. The summed E-state index contributed by atoms with van der Waals surface area (Å²) in [5.41, 5.74) is -0.623. The number of methoxy groups -OCH3 is 1. The molecular weight excluding hydrogens is 434 g/mol. The van der Waals surface area contributed by atoms with Crippen molar-refractivity contribution in [1.29, 1.82) is 0 Å². The van der Waals surface area contributed by atoms with Crippen molar-refractivity contribution in [3.05, 3.63) is 107 Å². The summed E-state index contributed by atoms with van der Waals surface area (Å²) in [6.07, 6.45) is 1.60. The van der Waals surface area contributed by atoms with Crippen LogP contribution < -0.4 is 0 Å². The van der Waals surface area contributed by atoms with E-state index >= 15 is 0 Å². The number of benzene rings is 3. The molecule has 4 rings (SSSR count). The molecule has 0 unspecified atom stereocenters. The van der Waals surface area contributed by atoms with Crippen LogP contribution in [0.2, 0.25) is 0 Å². The molecule has 33 heavy (non-hydrogen) atoms. The number of non-ortho nitro benzene ring substituents is 2. The highest BCUT2D eigenvalue weighted by Gasteiger charge is 2.38. The van der Waals surface area contributed by atoms with Gasteiger partial charge >= 0.3 is 5.97 Å². The molecule has 3 aromatic carbocycles. The number of hydrogen-bond acceptors (Lipinski definition) is 8. The molecule has 1 aliphatic rings. The highest BCUT2D eigenvalue weighted by Crippen LogP contribution is 2.53. The largest absolute Gasteiger partial charge is 0.465 e. The average Bonchev–Trinajstić information content (AvgIpc) is 3.11. The number of nitro groups is 3. The van der Waals surface area contributed by atoms with Gasteiger partial charge in [0.15, 0.2) is 0 Å². The van der Waals surface area contributed by atoms with Gasteiger partial charge < -0.3 is 4.74 Å². The van der Waals surface area contributed by atoms with Crippen LogP contribution in [-0.4, -0.2) is 27.8 Å². The van der Waals surface area contributed by atoms with Gasteiger partial charge in [0.25, 0.3) is 17.1 Å². The van der Waals surface area contributed by atoms with Gasteiger partial charge in [-0.3, -0.25) is 30.3 Å². The molecule has 0 aliphatic heterocycles. The van der Waals surface area contributed by atoms with E-state index in [2.05, 4.69) is 0 Å². The van der Waals surface area contributed by atoms with Crippen LogP contribution in [0.3, 0.4) is 0 Å². The molecule has 11 heteroatoms. The molecule has 11 nitrogen and oxygen atoms in total. The van der Waals surface area contributed by atoms with E-state index in [1.165, 1.54) is 6.07 Å². The van der Waals surface area contributed by atoms with E-state index in [0.717, 1.165) is 25.3 Å². The molecule has 164 valence electrons. The topological polar surface area (TPSA) is 156 Å². The zero-order chi connectivity index (χ0) is 23.9. The molecule has 0 heterocycles. The second-order valence-electron chi connectivity index (χ2n) is 7.03. The Bertz CT molecular complexity index is 1400. The number of fused-ring (bicyclic) bond motifs is 3. The molecule has 0 saturated heterocycles. The van der Waals surface area contributed by atoms with Crippen LogP contribution in [0.4, 0.5) is 17.1 Å². The third kappa shape index (κ3) is 3.57. The van der Waals surface area contributed by atoms with Crippen LogP contribution >= 0.6 is 0 Å². The van der Waals surface area contributed by atoms with E-state index in [1.54, 1.807) is 36.4 Å². The third-order valence-electron chi connectivity index (χ3n) is 5.19. The maximum absolute atomic E-state index is 12.5. The summed E-state index contributed by atoms with van der Waals surface area (Å²) in [5, 5.41) is 34.9. The van der Waals surface area contributed by atoms with E-state index in [0.29, 0.717) is 5.56 Å². The normalized spacial score (nSPS) is 12.7. The lowest BCUT2D eigenvalue weighted by Crippen LogP contribution is -2.06. The maximum atomic E-state index is 12.5. The molecule has 3 aromatic rings. The molecule has 0 N–H and O–H groups in total. The first-order chi connectivity index (χ1) is 15.7. The number of nitrogens with zero attached hydrogens (tertiary/aromatic N) is 3. The van der Waals surface area contributed by atoms with Gasteiger partial charge in [-0.1, -0.05) is 30.3 Å². The smallest absolute Gasteiger partial charge is 0.338 e. The van der Waals surface area contributed by atoms with Crippen molar-refractivity contribution in [3.63, 3.8) is 0 Å². The Kier molecular flexibility index (Phi) is 5.14. The van der Waals surface area contributed by atoms with Gasteiger partial charge in [0.2, 0.25) is 0 Å². The number of carbonyl (C=O) groups is 1. The SMILES string of the molecule is COC(=O)c1cc([N+](=O)[O-])cc2c1-c1c(cc([N+](=O)[O-])cc1[N+](=O)[O-])C2=Cc1ccccc1. The van der Waals surface area contributed by atoms with Crippen molar-refractivity contribution in [3.8, 4) is 11.1 Å². The van der Waals surface area contributed by atoms with E-state index < -0.39 is 37.8 Å². The molecule has 0 radical (unpaired) electrons. The molecule has 0 amide bonds. The van der Waals surface area contributed by atoms with Crippen molar-refractivity contribution in [2.75, 3.05) is 7.11 Å². The number of ether oxygens (including phenoxy) is 1. The van der Waals surface area contributed by atoms with E-state index in [1.807, 2.05) is 0 Å². The van der Waals surface area contributed by atoms with Crippen LogP contribution in [0, 0.1) is 30.3 Å². The van der Waals surface area contributed by atoms with Crippen molar-refractivity contribution >= 4 is 34.7 Å². The number of esters is 1. The van der Waals surface area contributed by atoms with Crippen molar-refractivity contribution in [2.24, 2.45) is 0 Å². The van der Waals surface area contributed by atoms with Crippen LogP contribution in [0.25, 0.3) is 22.8 Å². The molecular formula is C22H13N3O8. The lowest BCUT2D eigenvalue weighted by atomic mass is 9.96. The summed E-state index contributed by atoms with van der Waals surface area (Å²) < 4.78 is 4.77. The number of hydrogen-bond donors (Lipinski definition) is 0. The quantitative estimate of drug-likeness (QED) is 0.241. The summed E-state index contributed by atoms with van der Waals surface area (Å²) in [4.78, 5) is 45.2. The Hall–Kier alpha value is -4.93. The van der Waals surface area contributed by atoms with E-state index in [-0.39, 0.29) is 33.4 Å². The third-order valence-corrected chi connectivity index (χ3v) is 5.19. The predicted molar refractivity (Wildman–Crippen MR) is 117 cm³/mol. The fraction of sp³-hybridized carbons (Fsp3) is 0.0455. The monoisotopic (exact) mass is 447 g/mol. The Morgan fingerprint density at radius 2 is 1.39 bits per heavy atom. The minimum atomic E-state index is -0.936. The molecule has 0 spiro atoms. The second-order valence-corrected chi connectivity index (χ2v) is 7.03. The summed E-state index contributed by atoms with van der Waals surface area (Å²) in [5.74, 6) is -0.936. The first-order valence-corrected chi connectivity index (χ1v) is 9.38. The summed E-state index contributed by atoms with van der Waals surface area (Å²) in [7, 11) is 1.08. The minimum Gasteiger partial charge on any atom is -0.465 e. The molecule has 0 bridgehead atoms. The van der Waals surface area contributed by atoms with Crippen LogP contribution in [0.15, 0.2) is 54.6 Å². The van der Waals surface area contributed by atoms with Crippen molar-refractivity contribution in [2.45, 2.75) is 0 Å². The lowest BCUT2D eigenvalue weighted by Gasteiger charge is -2.08. The predicted octanol–water partition coefficient (Wildman–Crippen LogP) is 4.77. The van der Waals surface area contributed by atoms with Gasteiger partial charge in [0.05, 0.1) is 39.1 Å². The maximum Gasteiger partial charge on any atom is 0.338 e. The Labute approximate surface area is 185 Å². The van der Waals surface area contributed by atoms with Crippen molar-refractivity contribution in [1.82, 2.24) is 0 Å². The highest BCUT2D eigenvalue weighted by molar-refractivity contribution is 6.15. The molecule has 0 atom stereocenters. The van der Waals surface area contributed by atoms with Crippen LogP contribution in [0.1, 0.15) is 27.0 Å². The number of carbonyl (C=O) groups excluding carboxylic acids is 1. The molecule has 0 saturated carbocycles. The minimum absolute atomic E-state index is 0.0434. The Balaban J connectivity index is 2.19. The number of rotatable bonds is 5. The molecule has 0 fully saturated rings. The zero-order valence-corrected chi connectivity index (χ0v) is 16.9. The fourth-order valence-corrected chi connectivity index (χ4v) is 3.84. The lowest BCUT2D eigenvalue weighted by molar-refractivity contribution is -0.393. The molecule has 0 aromatic heterocycles. The van der Waals surface area contributed by atoms with Crippen LogP contribution in [-0.2, 0) is 4.74 Å². The highest BCUT2D eigenvalue weighted by atomic mass is 16.6. The van der Waals surface area contributed by atoms with Gasteiger partial charge in [0.1, 0.15) is 0 Å². The molecule has 1 aliphatic carbocycles. The van der Waals surface area contributed by atoms with Gasteiger partial charge in [-0.15, -0.1) is 0 Å². The first kappa shape index (κ1) is 21.3. The van der Waals surface area contributed by atoms with Crippen LogP contribution in [0.5, 0.6) is 0 Å². The summed E-state index contributed by atoms with van der Waals surface area (Å²) >= 11 is 0. The standard InChI is InChI=1S/C22H13N3O8/c1-33-22(26)18-10-13(23(27)28)8-16-15(7-12-5-3-2-4-6-12)17-9-14(24(29)30)11-19(25(31)32)21(17)20(16)18/h2-11H,1H3. The number of nitro benzene ring substituents is 3. The second kappa shape index (κ2) is 7.96. The Morgan fingerprint density at radius 3 is 1.94 bits per heavy atom. The van der Waals surface area contributed by atoms with Gasteiger partial charge in [-0.25, -0.2) is 4.79 Å². The summed E-state index contributed by atoms with van der Waals surface area (Å²) in [6, 6.07) is 12.8. The fourth-order valence-electron chi connectivity index (χ4n) is 3.84. The first-order valence-electron chi connectivity index (χ1n) is 9.38. The van der Waals surface area contributed by atoms with E-state index in [4.69, 9.17) is 4.74 Å². The average molecular weight is 447 g/mol. The Morgan fingerprint density at radius 1 is 0.818 bits per heavy atom. The van der Waals surface area contributed by atoms with Gasteiger partial charge in [0, 0.05) is 29.3 Å². The van der Waals surface area contributed by atoms with Crippen molar-refractivity contribution < 1.29 is 24.3 Å².